The molecule has 1 saturated heterocycles. The van der Waals surface area contributed by atoms with Crippen molar-refractivity contribution in [3.63, 3.8) is 0 Å². The number of nitrogens with one attached hydrogen (secondary N) is 1. The van der Waals surface area contributed by atoms with Crippen LogP contribution in [0.3, 0.4) is 0 Å². The van der Waals surface area contributed by atoms with Crippen LogP contribution in [0.25, 0.3) is 0 Å². The van der Waals surface area contributed by atoms with Crippen LogP contribution in [0.1, 0.15) is 18.1 Å². The van der Waals surface area contributed by atoms with Gasteiger partial charge >= 0.3 is 0 Å². The van der Waals surface area contributed by atoms with Crippen molar-refractivity contribution in [3.05, 3.63) is 35.4 Å². The second-order valence-electron chi connectivity index (χ2n) is 5.13. The Bertz CT molecular complexity index is 453. The van der Waals surface area contributed by atoms with Gasteiger partial charge in [-0.05, 0) is 25.0 Å². The van der Waals surface area contributed by atoms with Gasteiger partial charge in [0, 0.05) is 20.1 Å². The van der Waals surface area contributed by atoms with Gasteiger partial charge in [0.2, 0.25) is 5.91 Å². The lowest BCUT2D eigenvalue weighted by molar-refractivity contribution is -0.138. The summed E-state index contributed by atoms with van der Waals surface area (Å²) in [5.41, 5.74) is 2.39. The maximum absolute atomic E-state index is 12.4. The number of halogens is 1. The van der Waals surface area contributed by atoms with Crippen LogP contribution in [0.5, 0.6) is 0 Å². The zero-order valence-electron chi connectivity index (χ0n) is 12.3. The van der Waals surface area contributed by atoms with Gasteiger partial charge in [0.15, 0.2) is 0 Å². The smallest absolute Gasteiger partial charge is 0.242 e. The fourth-order valence-corrected chi connectivity index (χ4v) is 2.37. The average molecular weight is 299 g/mol. The summed E-state index contributed by atoms with van der Waals surface area (Å²) in [6.07, 6.45) is -0.0689. The van der Waals surface area contributed by atoms with Crippen molar-refractivity contribution in [2.75, 3.05) is 20.2 Å². The first-order valence-corrected chi connectivity index (χ1v) is 6.74. The Balaban J connectivity index is 0.00000200. The van der Waals surface area contributed by atoms with E-state index in [9.17, 15) is 4.79 Å². The molecule has 1 amide bonds. The Morgan fingerprint density at radius 1 is 1.45 bits per heavy atom. The van der Waals surface area contributed by atoms with Crippen molar-refractivity contribution in [2.24, 2.45) is 0 Å². The van der Waals surface area contributed by atoms with Crippen LogP contribution in [0.15, 0.2) is 24.3 Å². The molecule has 0 spiro atoms. The van der Waals surface area contributed by atoms with Crippen molar-refractivity contribution in [1.82, 2.24) is 10.2 Å². The Morgan fingerprint density at radius 3 is 2.80 bits per heavy atom. The molecule has 1 aliphatic heterocycles. The van der Waals surface area contributed by atoms with Crippen LogP contribution >= 0.6 is 12.4 Å². The van der Waals surface area contributed by atoms with Crippen LogP contribution < -0.4 is 5.32 Å². The van der Waals surface area contributed by atoms with Gasteiger partial charge in [0.05, 0.1) is 12.7 Å². The van der Waals surface area contributed by atoms with Crippen molar-refractivity contribution in [2.45, 2.75) is 32.5 Å². The normalized spacial score (nSPS) is 21.9. The molecule has 1 aliphatic rings. The first-order valence-electron chi connectivity index (χ1n) is 6.74. The zero-order valence-corrected chi connectivity index (χ0v) is 13.1. The third-order valence-electron chi connectivity index (χ3n) is 3.63. The zero-order chi connectivity index (χ0) is 13.8. The Morgan fingerprint density at radius 2 is 2.15 bits per heavy atom. The Hall–Kier alpha value is -1.10. The summed E-state index contributed by atoms with van der Waals surface area (Å²) in [5, 5.41) is 3.23. The van der Waals surface area contributed by atoms with Gasteiger partial charge in [0.1, 0.15) is 6.04 Å². The van der Waals surface area contributed by atoms with Gasteiger partial charge in [-0.2, -0.15) is 0 Å². The number of hydrogen-bond acceptors (Lipinski definition) is 3. The number of benzene rings is 1. The number of amides is 1. The molecule has 0 unspecified atom stereocenters. The van der Waals surface area contributed by atoms with Gasteiger partial charge in [-0.3, -0.25) is 4.79 Å². The van der Waals surface area contributed by atoms with Crippen LogP contribution in [0.2, 0.25) is 0 Å². The van der Waals surface area contributed by atoms with E-state index in [2.05, 4.69) is 24.4 Å². The highest BCUT2D eigenvalue weighted by molar-refractivity contribution is 5.85. The molecular weight excluding hydrogens is 276 g/mol. The van der Waals surface area contributed by atoms with E-state index >= 15 is 0 Å². The lowest BCUT2D eigenvalue weighted by Crippen LogP contribution is -2.55. The van der Waals surface area contributed by atoms with Crippen LogP contribution in [0, 0.1) is 6.92 Å². The summed E-state index contributed by atoms with van der Waals surface area (Å²) in [6, 6.07) is 7.92. The monoisotopic (exact) mass is 298 g/mol. The minimum atomic E-state index is -0.234. The summed E-state index contributed by atoms with van der Waals surface area (Å²) in [4.78, 5) is 14.2. The topological polar surface area (TPSA) is 41.6 Å². The van der Waals surface area contributed by atoms with Gasteiger partial charge in [-0.15, -0.1) is 12.4 Å². The number of nitrogens with zero attached hydrogens (tertiary/aromatic N) is 1. The van der Waals surface area contributed by atoms with E-state index < -0.39 is 0 Å². The summed E-state index contributed by atoms with van der Waals surface area (Å²) in [6.45, 7) is 6.05. The minimum absolute atomic E-state index is 0. The van der Waals surface area contributed by atoms with Gasteiger partial charge in [-0.1, -0.05) is 24.3 Å². The standard InChI is InChI=1S/C15H22N2O2.ClH/c1-11-6-4-5-7-13(11)10-17(3)15(18)14-12(2)19-9-8-16-14;/h4-7,12,14,16H,8-10H2,1-3H3;1H/t12-,14+;/m1./s1. The number of likely N-dealkylation sites (N-methyl/N-ethyl adjacent to an activating group) is 1. The minimum Gasteiger partial charge on any atom is -0.375 e. The lowest BCUT2D eigenvalue weighted by atomic mass is 10.1. The molecule has 1 N–H and O–H groups in total. The second kappa shape index (κ2) is 7.62. The predicted octanol–water partition coefficient (Wildman–Crippen LogP) is 1.75. The molecule has 1 fully saturated rings. The molecule has 1 aromatic carbocycles. The quantitative estimate of drug-likeness (QED) is 0.924. The summed E-state index contributed by atoms with van der Waals surface area (Å²) >= 11 is 0. The molecule has 4 nitrogen and oxygen atoms in total. The third kappa shape index (κ3) is 3.95. The van der Waals surface area contributed by atoms with E-state index in [4.69, 9.17) is 4.74 Å². The highest BCUT2D eigenvalue weighted by Crippen LogP contribution is 2.12. The van der Waals surface area contributed by atoms with Crippen molar-refractivity contribution >= 4 is 18.3 Å². The van der Waals surface area contributed by atoms with E-state index in [-0.39, 0.29) is 30.5 Å². The molecule has 2 rings (SSSR count). The molecule has 5 heteroatoms. The highest BCUT2D eigenvalue weighted by Gasteiger charge is 2.30. The average Bonchev–Trinajstić information content (AvgIpc) is 2.41. The molecule has 0 radical (unpaired) electrons. The maximum Gasteiger partial charge on any atom is 0.242 e. The van der Waals surface area contributed by atoms with Crippen LogP contribution in [-0.4, -0.2) is 43.2 Å². The molecular formula is C15H23ClN2O2. The molecule has 0 saturated carbocycles. The largest absolute Gasteiger partial charge is 0.375 e. The molecule has 2 atom stereocenters. The van der Waals surface area contributed by atoms with Gasteiger partial charge < -0.3 is 15.0 Å². The van der Waals surface area contributed by atoms with Gasteiger partial charge in [-0.25, -0.2) is 0 Å². The van der Waals surface area contributed by atoms with E-state index in [0.29, 0.717) is 13.2 Å². The number of aryl methyl sites for hydroxylation is 1. The number of ether oxygens (including phenoxy) is 1. The van der Waals surface area contributed by atoms with Crippen LogP contribution in [0.4, 0.5) is 0 Å². The molecule has 0 aromatic heterocycles. The first kappa shape index (κ1) is 17.0. The number of rotatable bonds is 3. The molecule has 20 heavy (non-hydrogen) atoms. The SMILES string of the molecule is Cc1ccccc1CN(C)C(=O)[C@H]1NCCO[C@@H]1C.Cl. The second-order valence-corrected chi connectivity index (χ2v) is 5.13. The molecule has 0 bridgehead atoms. The molecule has 0 aliphatic carbocycles. The van der Waals surface area contributed by atoms with Crippen molar-refractivity contribution < 1.29 is 9.53 Å². The van der Waals surface area contributed by atoms with Crippen LogP contribution in [-0.2, 0) is 16.1 Å². The predicted molar refractivity (Wildman–Crippen MR) is 82.1 cm³/mol. The van der Waals surface area contributed by atoms with E-state index in [1.165, 1.54) is 11.1 Å². The molecule has 112 valence electrons. The Kier molecular flexibility index (Phi) is 6.46. The Labute approximate surface area is 126 Å². The van der Waals surface area contributed by atoms with Crippen molar-refractivity contribution in [3.8, 4) is 0 Å². The van der Waals surface area contributed by atoms with Gasteiger partial charge in [0.25, 0.3) is 0 Å². The fraction of sp³-hybridized carbons (Fsp3) is 0.533. The number of hydrogen-bond donors (Lipinski definition) is 1. The molecule has 1 aromatic rings. The van der Waals surface area contributed by atoms with Crippen molar-refractivity contribution in [1.29, 1.82) is 0 Å². The summed E-state index contributed by atoms with van der Waals surface area (Å²) < 4.78 is 5.53. The van der Waals surface area contributed by atoms with E-state index in [1.807, 2.05) is 26.1 Å². The molecule has 1 heterocycles. The van der Waals surface area contributed by atoms with E-state index in [1.54, 1.807) is 4.90 Å². The third-order valence-corrected chi connectivity index (χ3v) is 3.63. The number of carbonyl (C=O) groups excluding carboxylic acids is 1. The number of carbonyl (C=O) groups is 1. The van der Waals surface area contributed by atoms with E-state index in [0.717, 1.165) is 6.54 Å². The lowest BCUT2D eigenvalue weighted by Gasteiger charge is -2.32. The number of morpholine rings is 1. The maximum atomic E-state index is 12.4. The fourth-order valence-electron chi connectivity index (χ4n) is 2.37. The first-order chi connectivity index (χ1) is 9.09. The highest BCUT2D eigenvalue weighted by atomic mass is 35.5. The summed E-state index contributed by atoms with van der Waals surface area (Å²) in [5.74, 6) is 0.0930. The summed E-state index contributed by atoms with van der Waals surface area (Å²) in [7, 11) is 1.85.